The summed E-state index contributed by atoms with van der Waals surface area (Å²) in [6, 6.07) is 6.64. The number of carbonyl (C=O) groups excluding carboxylic acids is 4. The van der Waals surface area contributed by atoms with Crippen molar-refractivity contribution < 1.29 is 28.7 Å². The highest BCUT2D eigenvalue weighted by Gasteiger charge is 2.41. The minimum absolute atomic E-state index is 0.00680. The number of aromatic nitrogens is 5. The Balaban J connectivity index is 0.898. The first-order valence-electron chi connectivity index (χ1n) is 23.0. The van der Waals surface area contributed by atoms with Gasteiger partial charge in [-0.1, -0.05) is 13.8 Å². The fourth-order valence-corrected chi connectivity index (χ4v) is 8.56. The molecule has 1 saturated carbocycles. The first-order valence-corrected chi connectivity index (χ1v) is 23.0. The van der Waals surface area contributed by atoms with Crippen LogP contribution >= 0.6 is 0 Å². The van der Waals surface area contributed by atoms with Crippen LogP contribution in [-0.2, 0) is 25.6 Å². The highest BCUT2D eigenvalue weighted by atomic mass is 16.6. The molecule has 356 valence electrons. The molecule has 4 amide bonds. The monoisotopic (exact) mass is 910 g/mol. The van der Waals surface area contributed by atoms with Crippen molar-refractivity contribution >= 4 is 46.5 Å². The molecule has 0 spiro atoms. The minimum atomic E-state index is -0.795. The Hall–Kier alpha value is -6.26. The molecule has 0 unspecified atom stereocenters. The highest BCUT2D eigenvalue weighted by molar-refractivity contribution is 6.00. The normalized spacial score (nSPS) is 18.9. The lowest BCUT2D eigenvalue weighted by atomic mass is 9.85. The third kappa shape index (κ3) is 13.4. The molecule has 66 heavy (non-hydrogen) atoms. The van der Waals surface area contributed by atoms with E-state index in [0.29, 0.717) is 112 Å². The maximum atomic E-state index is 13.7. The summed E-state index contributed by atoms with van der Waals surface area (Å²) >= 11 is 0. The molecule has 2 atom stereocenters. The molecular weight excluding hydrogens is 843 g/mol. The number of nitrogens with one attached hydrogen (secondary N) is 5. The SMILES string of the molecule is CC(C)Nc1cc(-n2ccc3cc(C#N)cnc32)ncc1C(=O)NC1CCC(C(=O)NCCOCCN2C[C@H](NC(=O)[C@H](CCCn3ccnc3N)NC(=O)OC(C)(C)C)C(C)(C)C2)CC1. The molecule has 1 aliphatic heterocycles. The Labute approximate surface area is 387 Å². The number of aryl methyl sites for hydroxylation is 1. The van der Waals surface area contributed by atoms with Crippen molar-refractivity contribution in [2.24, 2.45) is 11.3 Å². The predicted octanol–water partition coefficient (Wildman–Crippen LogP) is 4.51. The van der Waals surface area contributed by atoms with Crippen LogP contribution in [0.25, 0.3) is 16.9 Å². The van der Waals surface area contributed by atoms with Crippen molar-refractivity contribution in [3.8, 4) is 11.9 Å². The summed E-state index contributed by atoms with van der Waals surface area (Å²) in [4.78, 5) is 68.4. The van der Waals surface area contributed by atoms with Gasteiger partial charge in [0.05, 0.1) is 30.0 Å². The molecule has 19 nitrogen and oxygen atoms in total. The van der Waals surface area contributed by atoms with Gasteiger partial charge in [0.1, 0.15) is 29.2 Å². The van der Waals surface area contributed by atoms with Crippen LogP contribution in [0, 0.1) is 22.7 Å². The number of nitrogens with two attached hydrogens (primary N) is 1. The molecule has 4 aromatic heterocycles. The number of imidazole rings is 1. The number of pyridine rings is 2. The zero-order chi connectivity index (χ0) is 47.6. The van der Waals surface area contributed by atoms with Crippen molar-refractivity contribution in [3.63, 3.8) is 0 Å². The zero-order valence-electron chi connectivity index (χ0n) is 39.4. The first-order chi connectivity index (χ1) is 31.4. The summed E-state index contributed by atoms with van der Waals surface area (Å²) in [5.74, 6) is 0.344. The molecule has 2 fully saturated rings. The number of nitrogen functional groups attached to an aromatic ring is 1. The average Bonchev–Trinajstić information content (AvgIpc) is 3.95. The topological polar surface area (TPSA) is 248 Å². The third-order valence-corrected chi connectivity index (χ3v) is 12.0. The highest BCUT2D eigenvalue weighted by Crippen LogP contribution is 2.30. The van der Waals surface area contributed by atoms with Gasteiger partial charge in [0.15, 0.2) is 5.95 Å². The molecule has 0 aromatic carbocycles. The van der Waals surface area contributed by atoms with Crippen LogP contribution in [0.1, 0.15) is 103 Å². The fraction of sp³-hybridized carbons (Fsp3) is 0.574. The van der Waals surface area contributed by atoms with Crippen molar-refractivity contribution in [1.29, 1.82) is 5.26 Å². The lowest BCUT2D eigenvalue weighted by molar-refractivity contribution is -0.126. The second kappa shape index (κ2) is 21.8. The van der Waals surface area contributed by atoms with Gasteiger partial charge in [-0.05, 0) is 90.7 Å². The second-order valence-electron chi connectivity index (χ2n) is 19.4. The molecule has 0 radical (unpaired) electrons. The van der Waals surface area contributed by atoms with Gasteiger partial charge in [-0.15, -0.1) is 0 Å². The van der Waals surface area contributed by atoms with Crippen LogP contribution < -0.4 is 32.3 Å². The van der Waals surface area contributed by atoms with E-state index >= 15 is 0 Å². The number of rotatable bonds is 19. The van der Waals surface area contributed by atoms with Crippen LogP contribution in [0.5, 0.6) is 0 Å². The summed E-state index contributed by atoms with van der Waals surface area (Å²) < 4.78 is 15.0. The third-order valence-electron chi connectivity index (χ3n) is 12.0. The smallest absolute Gasteiger partial charge is 0.408 e. The van der Waals surface area contributed by atoms with E-state index < -0.39 is 17.7 Å². The van der Waals surface area contributed by atoms with E-state index in [0.717, 1.165) is 11.9 Å². The number of carbonyl (C=O) groups is 4. The Morgan fingerprint density at radius 2 is 1.77 bits per heavy atom. The van der Waals surface area contributed by atoms with Gasteiger partial charge >= 0.3 is 6.09 Å². The number of ether oxygens (including phenoxy) is 2. The maximum absolute atomic E-state index is 13.7. The van der Waals surface area contributed by atoms with Crippen LogP contribution in [0.15, 0.2) is 49.2 Å². The second-order valence-corrected chi connectivity index (χ2v) is 19.4. The minimum Gasteiger partial charge on any atom is -0.444 e. The number of amides is 4. The van der Waals surface area contributed by atoms with Gasteiger partial charge < -0.3 is 46.4 Å². The van der Waals surface area contributed by atoms with Crippen molar-refractivity contribution in [2.75, 3.05) is 50.4 Å². The molecule has 5 heterocycles. The van der Waals surface area contributed by atoms with Gasteiger partial charge in [0.25, 0.3) is 5.91 Å². The molecule has 19 heteroatoms. The van der Waals surface area contributed by atoms with Crippen LogP contribution in [-0.4, -0.2) is 122 Å². The maximum Gasteiger partial charge on any atom is 0.408 e. The van der Waals surface area contributed by atoms with E-state index in [9.17, 15) is 24.4 Å². The fourth-order valence-electron chi connectivity index (χ4n) is 8.56. The number of hydrogen-bond acceptors (Lipinski definition) is 13. The molecule has 2 aliphatic rings. The molecule has 4 aromatic rings. The molecule has 6 rings (SSSR count). The number of anilines is 2. The standard InChI is InChI=1S/C47H67N13O6/c1-30(2)54-37-24-39(60-18-14-33-23-31(25-48)26-53-40(33)60)52-27-35(37)42(62)55-34-12-10-32(11-13-34)41(61)50-16-21-65-22-20-58-28-38(47(6,7)29-58)57-43(63)36(56-45(64)66-46(3,4)5)9-8-17-59-19-15-51-44(59)49/h14-15,18-19,23-24,26-27,30,32,34,36,38H,8-13,16-17,20-22,28-29H2,1-7H3,(H2,49,51)(H,50,61)(H,52,54)(H,55,62)(H,56,64)(H,57,63)/t32?,34?,36-,38-/m0/s1. The van der Waals surface area contributed by atoms with Crippen molar-refractivity contribution in [2.45, 2.75) is 123 Å². The summed E-state index contributed by atoms with van der Waals surface area (Å²) in [5, 5.41) is 25.6. The number of nitriles is 1. The van der Waals surface area contributed by atoms with E-state index in [1.807, 2.05) is 36.7 Å². The van der Waals surface area contributed by atoms with Crippen LogP contribution in [0.3, 0.4) is 0 Å². The van der Waals surface area contributed by atoms with E-state index in [1.54, 1.807) is 50.0 Å². The summed E-state index contributed by atoms with van der Waals surface area (Å²) in [6.07, 6.45) is 11.4. The molecule has 0 bridgehead atoms. The molecular formula is C47H67N13O6. The predicted molar refractivity (Wildman–Crippen MR) is 251 cm³/mol. The zero-order valence-corrected chi connectivity index (χ0v) is 39.4. The largest absolute Gasteiger partial charge is 0.444 e. The number of nitrogens with zero attached hydrogens (tertiary/aromatic N) is 7. The van der Waals surface area contributed by atoms with E-state index in [-0.39, 0.29) is 47.2 Å². The van der Waals surface area contributed by atoms with Crippen LogP contribution in [0.4, 0.5) is 16.4 Å². The van der Waals surface area contributed by atoms with Gasteiger partial charge in [-0.3, -0.25) is 23.9 Å². The number of fused-ring (bicyclic) bond motifs is 1. The van der Waals surface area contributed by atoms with Gasteiger partial charge in [0.2, 0.25) is 11.8 Å². The van der Waals surface area contributed by atoms with Crippen molar-refractivity contribution in [1.82, 2.24) is 50.3 Å². The Kier molecular flexibility index (Phi) is 16.3. The number of alkyl carbamates (subject to hydrolysis) is 1. The molecule has 1 aliphatic carbocycles. The average molecular weight is 910 g/mol. The van der Waals surface area contributed by atoms with Gasteiger partial charge in [-0.2, -0.15) is 5.26 Å². The molecule has 7 N–H and O–H groups in total. The summed E-state index contributed by atoms with van der Waals surface area (Å²) in [5.41, 5.74) is 7.19. The van der Waals surface area contributed by atoms with E-state index in [4.69, 9.17) is 15.2 Å². The van der Waals surface area contributed by atoms with Gasteiger partial charge in [0, 0.05) is 99.2 Å². The Morgan fingerprint density at radius 3 is 2.47 bits per heavy atom. The quantitative estimate of drug-likeness (QED) is 0.0710. The summed E-state index contributed by atoms with van der Waals surface area (Å²) in [7, 11) is 0. The van der Waals surface area contributed by atoms with E-state index in [1.165, 1.54) is 6.20 Å². The molecule has 1 saturated heterocycles. The lowest BCUT2D eigenvalue weighted by Gasteiger charge is -2.29. The van der Waals surface area contributed by atoms with Gasteiger partial charge in [-0.25, -0.2) is 19.7 Å². The lowest BCUT2D eigenvalue weighted by Crippen LogP contribution is -2.53. The Bertz CT molecular complexity index is 2350. The number of hydrogen-bond donors (Lipinski definition) is 6. The Morgan fingerprint density at radius 1 is 1.00 bits per heavy atom. The van der Waals surface area contributed by atoms with E-state index in [2.05, 4.69) is 66.4 Å². The number of likely N-dealkylation sites (tertiary alicyclic amines) is 1. The van der Waals surface area contributed by atoms with Crippen LogP contribution in [0.2, 0.25) is 0 Å². The van der Waals surface area contributed by atoms with Crippen molar-refractivity contribution in [3.05, 3.63) is 60.3 Å². The first kappa shape index (κ1) is 49.2. The summed E-state index contributed by atoms with van der Waals surface area (Å²) in [6.45, 7) is 17.4.